The highest BCUT2D eigenvalue weighted by Crippen LogP contribution is 2.79. The molecule has 0 N–H and O–H groups in total. The fourth-order valence-electron chi connectivity index (χ4n) is 8.31. The van der Waals surface area contributed by atoms with E-state index in [4.69, 9.17) is 4.98 Å². The highest BCUT2D eigenvalue weighted by atomic mass is 31.1. The molecule has 29 heavy (non-hydrogen) atoms. The zero-order valence-electron chi connectivity index (χ0n) is 19.1. The first kappa shape index (κ1) is 20.5. The average molecular weight is 412 g/mol. The second-order valence-electron chi connectivity index (χ2n) is 11.5. The molecule has 5 rings (SSSR count). The van der Waals surface area contributed by atoms with Crippen molar-refractivity contribution in [2.24, 2.45) is 16.7 Å². The van der Waals surface area contributed by atoms with Crippen LogP contribution in [-0.4, -0.2) is 22.0 Å². The van der Waals surface area contributed by atoms with E-state index in [2.05, 4.69) is 45.2 Å². The van der Waals surface area contributed by atoms with Crippen LogP contribution in [0.25, 0.3) is 0 Å². The third-order valence-electron chi connectivity index (χ3n) is 10.2. The van der Waals surface area contributed by atoms with Gasteiger partial charge in [0.05, 0.1) is 0 Å². The van der Waals surface area contributed by atoms with E-state index in [-0.39, 0.29) is 7.92 Å². The molecule has 160 valence electrons. The van der Waals surface area contributed by atoms with Gasteiger partial charge in [0, 0.05) is 17.8 Å². The summed E-state index contributed by atoms with van der Waals surface area (Å²) in [4.78, 5) is 5.02. The Labute approximate surface area is 180 Å². The van der Waals surface area contributed by atoms with Gasteiger partial charge in [-0.1, -0.05) is 73.3 Å². The summed E-state index contributed by atoms with van der Waals surface area (Å²) in [6.45, 7) is 7.92. The minimum Gasteiger partial charge on any atom is -0.261 e. The molecule has 4 aliphatic rings. The number of nitrogens with zero attached hydrogens (tertiary/aromatic N) is 1. The van der Waals surface area contributed by atoms with Gasteiger partial charge in [-0.2, -0.15) is 0 Å². The van der Waals surface area contributed by atoms with Gasteiger partial charge in [-0.15, -0.1) is 0 Å². The van der Waals surface area contributed by atoms with Crippen LogP contribution in [-0.2, 0) is 0 Å². The maximum atomic E-state index is 5.02. The van der Waals surface area contributed by atoms with Crippen LogP contribution in [0.1, 0.15) is 109 Å². The quantitative estimate of drug-likeness (QED) is 0.456. The van der Waals surface area contributed by atoms with Crippen LogP contribution in [0.5, 0.6) is 0 Å². The van der Waals surface area contributed by atoms with E-state index in [1.165, 1.54) is 82.7 Å². The maximum absolute atomic E-state index is 5.02. The number of hydrogen-bond donors (Lipinski definition) is 0. The Morgan fingerprint density at radius 1 is 0.828 bits per heavy atom. The first-order valence-electron chi connectivity index (χ1n) is 12.7. The lowest BCUT2D eigenvalue weighted by Crippen LogP contribution is -2.36. The van der Waals surface area contributed by atoms with Gasteiger partial charge in [0.2, 0.25) is 0 Å². The van der Waals surface area contributed by atoms with Crippen LogP contribution in [0.2, 0.25) is 0 Å². The summed E-state index contributed by atoms with van der Waals surface area (Å²) in [5.74, 6) is 1.63. The van der Waals surface area contributed by atoms with E-state index in [0.29, 0.717) is 16.7 Å². The van der Waals surface area contributed by atoms with Gasteiger partial charge in [-0.05, 0) is 84.4 Å². The van der Waals surface area contributed by atoms with E-state index >= 15 is 0 Å². The molecular formula is C27H42NP. The minimum atomic E-state index is 0.0940. The SMILES string of the molecule is CC1(C)C2CCC1(C)C(c1ccccn1)C2P(C1CCCCC1)C1CCCCC1. The topological polar surface area (TPSA) is 12.9 Å². The third-order valence-corrected chi connectivity index (χ3v) is 14.2. The Balaban J connectivity index is 1.59. The van der Waals surface area contributed by atoms with Gasteiger partial charge in [0.25, 0.3) is 0 Å². The first-order chi connectivity index (χ1) is 14.0. The summed E-state index contributed by atoms with van der Waals surface area (Å²) in [6, 6.07) is 6.75. The van der Waals surface area contributed by atoms with E-state index in [9.17, 15) is 0 Å². The summed E-state index contributed by atoms with van der Waals surface area (Å²) in [5, 5.41) is 0. The minimum absolute atomic E-state index is 0.0940. The predicted molar refractivity (Wildman–Crippen MR) is 126 cm³/mol. The van der Waals surface area contributed by atoms with Crippen LogP contribution in [0.15, 0.2) is 24.4 Å². The van der Waals surface area contributed by atoms with Crippen molar-refractivity contribution in [3.05, 3.63) is 30.1 Å². The molecule has 0 amide bonds. The summed E-state index contributed by atoms with van der Waals surface area (Å²) >= 11 is 0. The van der Waals surface area contributed by atoms with Crippen LogP contribution in [0.3, 0.4) is 0 Å². The van der Waals surface area contributed by atoms with Gasteiger partial charge in [0.15, 0.2) is 0 Å². The van der Waals surface area contributed by atoms with Crippen LogP contribution >= 0.6 is 7.92 Å². The van der Waals surface area contributed by atoms with Gasteiger partial charge >= 0.3 is 0 Å². The summed E-state index contributed by atoms with van der Waals surface area (Å²) in [7, 11) is 0.0940. The summed E-state index contributed by atoms with van der Waals surface area (Å²) in [6.07, 6.45) is 20.1. The molecule has 1 nitrogen and oxygen atoms in total. The molecule has 2 bridgehead atoms. The van der Waals surface area contributed by atoms with Crippen molar-refractivity contribution in [3.63, 3.8) is 0 Å². The van der Waals surface area contributed by atoms with Crippen molar-refractivity contribution >= 4 is 7.92 Å². The van der Waals surface area contributed by atoms with Crippen molar-refractivity contribution in [1.29, 1.82) is 0 Å². The summed E-state index contributed by atoms with van der Waals surface area (Å²) in [5.41, 5.74) is 5.37. The fourth-order valence-corrected chi connectivity index (χ4v) is 13.6. The lowest BCUT2D eigenvalue weighted by molar-refractivity contribution is 0.133. The molecule has 0 aliphatic heterocycles. The number of aromatic nitrogens is 1. The Morgan fingerprint density at radius 3 is 2.00 bits per heavy atom. The van der Waals surface area contributed by atoms with Crippen molar-refractivity contribution in [2.75, 3.05) is 0 Å². The summed E-state index contributed by atoms with van der Waals surface area (Å²) < 4.78 is 0. The zero-order valence-corrected chi connectivity index (χ0v) is 20.0. The molecule has 0 radical (unpaired) electrons. The Kier molecular flexibility index (Phi) is 5.60. The standard InChI is InChI=1S/C27H42NP/c1-26(2)22-17-18-27(26,3)24(23-16-10-11-19-28-23)25(22)29(20-12-6-4-7-13-20)21-14-8-5-9-15-21/h10-11,16,19-22,24-25H,4-9,12-15,17-18H2,1-3H3. The van der Waals surface area contributed by atoms with Gasteiger partial charge in [0.1, 0.15) is 0 Å². The van der Waals surface area contributed by atoms with Crippen molar-refractivity contribution in [2.45, 2.75) is 121 Å². The number of fused-ring (bicyclic) bond motifs is 2. The van der Waals surface area contributed by atoms with Gasteiger partial charge < -0.3 is 0 Å². The maximum Gasteiger partial charge on any atom is 0.0446 e. The van der Waals surface area contributed by atoms with E-state index in [1.807, 2.05) is 0 Å². The lowest BCUT2D eigenvalue weighted by Gasteiger charge is -2.48. The van der Waals surface area contributed by atoms with E-state index < -0.39 is 0 Å². The fraction of sp³-hybridized carbons (Fsp3) is 0.815. The lowest BCUT2D eigenvalue weighted by atomic mass is 9.66. The second kappa shape index (κ2) is 7.93. The molecule has 4 atom stereocenters. The molecule has 4 aliphatic carbocycles. The number of rotatable bonds is 4. The first-order valence-corrected chi connectivity index (χ1v) is 14.3. The number of hydrogen-bond acceptors (Lipinski definition) is 1. The molecule has 2 heteroatoms. The van der Waals surface area contributed by atoms with E-state index in [0.717, 1.165) is 22.9 Å². The molecule has 1 heterocycles. The smallest absolute Gasteiger partial charge is 0.0446 e. The second-order valence-corrected chi connectivity index (χ2v) is 14.5. The largest absolute Gasteiger partial charge is 0.261 e. The van der Waals surface area contributed by atoms with Gasteiger partial charge in [-0.3, -0.25) is 4.98 Å². The molecule has 4 saturated carbocycles. The molecule has 4 unspecified atom stereocenters. The Bertz CT molecular complexity index is 670. The highest BCUT2D eigenvalue weighted by Gasteiger charge is 2.68. The van der Waals surface area contributed by atoms with Crippen molar-refractivity contribution in [1.82, 2.24) is 4.98 Å². The van der Waals surface area contributed by atoms with Gasteiger partial charge in [-0.25, -0.2) is 0 Å². The third kappa shape index (κ3) is 3.24. The molecule has 0 spiro atoms. The predicted octanol–water partition coefficient (Wildman–Crippen LogP) is 8.14. The number of pyridine rings is 1. The molecule has 1 aromatic heterocycles. The molecule has 4 fully saturated rings. The monoisotopic (exact) mass is 411 g/mol. The molecule has 0 saturated heterocycles. The van der Waals surface area contributed by atoms with Crippen LogP contribution in [0, 0.1) is 16.7 Å². The Morgan fingerprint density at radius 2 is 1.45 bits per heavy atom. The normalized spacial score (nSPS) is 38.0. The molecule has 0 aromatic carbocycles. The molecule has 1 aromatic rings. The van der Waals surface area contributed by atoms with Crippen molar-refractivity contribution < 1.29 is 0 Å². The average Bonchev–Trinajstić information content (AvgIpc) is 3.08. The molecular weight excluding hydrogens is 369 g/mol. The van der Waals surface area contributed by atoms with Crippen LogP contribution < -0.4 is 0 Å². The van der Waals surface area contributed by atoms with E-state index in [1.54, 1.807) is 0 Å². The van der Waals surface area contributed by atoms with Crippen LogP contribution in [0.4, 0.5) is 0 Å². The zero-order chi connectivity index (χ0) is 20.1. The van der Waals surface area contributed by atoms with Crippen molar-refractivity contribution in [3.8, 4) is 0 Å². The Hall–Kier alpha value is -0.420. The highest BCUT2D eigenvalue weighted by molar-refractivity contribution is 7.60.